The number of amides is 1. The van der Waals surface area contributed by atoms with Crippen LogP contribution in [0.25, 0.3) is 5.69 Å². The quantitative estimate of drug-likeness (QED) is 0.929. The molecule has 0 radical (unpaired) electrons. The molecule has 21 heavy (non-hydrogen) atoms. The third-order valence-corrected chi connectivity index (χ3v) is 3.96. The number of carbonyl (C=O) groups is 1. The summed E-state index contributed by atoms with van der Waals surface area (Å²) >= 11 is 0. The van der Waals surface area contributed by atoms with Crippen molar-refractivity contribution in [2.45, 2.75) is 39.2 Å². The molecule has 1 aromatic carbocycles. The number of tetrazole rings is 1. The summed E-state index contributed by atoms with van der Waals surface area (Å²) in [5.41, 5.74) is 2.08. The molecule has 1 saturated carbocycles. The first-order valence-electron chi connectivity index (χ1n) is 7.36. The number of nitrogens with one attached hydrogen (secondary N) is 1. The number of hydrogen-bond acceptors (Lipinski definition) is 4. The van der Waals surface area contributed by atoms with Gasteiger partial charge in [0.25, 0.3) is 0 Å². The fraction of sp³-hybridized carbons (Fsp3) is 0.467. The van der Waals surface area contributed by atoms with Gasteiger partial charge in [0.15, 0.2) is 5.82 Å². The number of benzene rings is 1. The normalized spacial score (nSPS) is 15.3. The lowest BCUT2D eigenvalue weighted by molar-refractivity contribution is -0.125. The zero-order valence-corrected chi connectivity index (χ0v) is 12.1. The highest BCUT2D eigenvalue weighted by molar-refractivity contribution is 5.78. The SMILES string of the molecule is Cc1ccc(-n2nnnc2CNC(=O)C2CCCC2)cc1. The number of aromatic nitrogens is 4. The van der Waals surface area contributed by atoms with Gasteiger partial charge in [0.1, 0.15) is 0 Å². The molecule has 1 aliphatic rings. The molecule has 0 saturated heterocycles. The molecule has 1 fully saturated rings. The number of nitrogens with zero attached hydrogens (tertiary/aromatic N) is 4. The van der Waals surface area contributed by atoms with Crippen LogP contribution in [0.1, 0.15) is 37.1 Å². The maximum atomic E-state index is 12.0. The van der Waals surface area contributed by atoms with Crippen LogP contribution in [0.5, 0.6) is 0 Å². The van der Waals surface area contributed by atoms with Crippen LogP contribution in [0.4, 0.5) is 0 Å². The lowest BCUT2D eigenvalue weighted by atomic mass is 10.1. The van der Waals surface area contributed by atoms with Crippen LogP contribution >= 0.6 is 0 Å². The molecule has 1 heterocycles. The summed E-state index contributed by atoms with van der Waals surface area (Å²) in [6.07, 6.45) is 4.29. The molecule has 0 aliphatic heterocycles. The van der Waals surface area contributed by atoms with Crippen molar-refractivity contribution in [2.24, 2.45) is 5.92 Å². The van der Waals surface area contributed by atoms with E-state index in [4.69, 9.17) is 0 Å². The van der Waals surface area contributed by atoms with E-state index in [0.29, 0.717) is 12.4 Å². The Kier molecular flexibility index (Phi) is 3.94. The van der Waals surface area contributed by atoms with Gasteiger partial charge in [-0.25, -0.2) is 0 Å². The first-order chi connectivity index (χ1) is 10.2. The second-order valence-electron chi connectivity index (χ2n) is 5.54. The molecule has 6 nitrogen and oxygen atoms in total. The number of carbonyl (C=O) groups excluding carboxylic acids is 1. The van der Waals surface area contributed by atoms with Crippen molar-refractivity contribution in [3.05, 3.63) is 35.7 Å². The molecule has 6 heteroatoms. The second kappa shape index (κ2) is 6.03. The molecule has 1 aromatic heterocycles. The Bertz CT molecular complexity index is 613. The first-order valence-corrected chi connectivity index (χ1v) is 7.36. The number of aryl methyl sites for hydroxylation is 1. The molecular formula is C15H19N5O. The summed E-state index contributed by atoms with van der Waals surface area (Å²) in [6.45, 7) is 2.39. The highest BCUT2D eigenvalue weighted by Crippen LogP contribution is 2.24. The van der Waals surface area contributed by atoms with Gasteiger partial charge in [0, 0.05) is 5.92 Å². The molecule has 0 atom stereocenters. The zero-order chi connectivity index (χ0) is 14.7. The van der Waals surface area contributed by atoms with Crippen LogP contribution in [0, 0.1) is 12.8 Å². The van der Waals surface area contributed by atoms with Crippen LogP contribution in [-0.2, 0) is 11.3 Å². The Hall–Kier alpha value is -2.24. The van der Waals surface area contributed by atoms with E-state index in [-0.39, 0.29) is 11.8 Å². The summed E-state index contributed by atoms with van der Waals surface area (Å²) in [7, 11) is 0. The minimum atomic E-state index is 0.117. The summed E-state index contributed by atoms with van der Waals surface area (Å²) in [5, 5.41) is 14.7. The highest BCUT2D eigenvalue weighted by Gasteiger charge is 2.22. The van der Waals surface area contributed by atoms with Crippen LogP contribution in [0.15, 0.2) is 24.3 Å². The van der Waals surface area contributed by atoms with Gasteiger partial charge >= 0.3 is 0 Å². The summed E-state index contributed by atoms with van der Waals surface area (Å²) in [6, 6.07) is 7.96. The lowest BCUT2D eigenvalue weighted by Gasteiger charge is -2.10. The fourth-order valence-corrected chi connectivity index (χ4v) is 2.70. The van der Waals surface area contributed by atoms with E-state index in [1.165, 1.54) is 5.56 Å². The molecule has 1 amide bonds. The van der Waals surface area contributed by atoms with E-state index in [1.807, 2.05) is 31.2 Å². The monoisotopic (exact) mass is 285 g/mol. The topological polar surface area (TPSA) is 72.7 Å². The molecule has 1 N–H and O–H groups in total. The Balaban J connectivity index is 1.68. The average Bonchev–Trinajstić information content (AvgIpc) is 3.17. The van der Waals surface area contributed by atoms with Gasteiger partial charge in [0.05, 0.1) is 12.2 Å². The zero-order valence-electron chi connectivity index (χ0n) is 12.1. The fourth-order valence-electron chi connectivity index (χ4n) is 2.70. The molecule has 3 rings (SSSR count). The van der Waals surface area contributed by atoms with Crippen molar-refractivity contribution in [3.63, 3.8) is 0 Å². The van der Waals surface area contributed by atoms with Crippen molar-refractivity contribution in [3.8, 4) is 5.69 Å². The van der Waals surface area contributed by atoms with Crippen molar-refractivity contribution >= 4 is 5.91 Å². The van der Waals surface area contributed by atoms with E-state index in [9.17, 15) is 4.79 Å². The summed E-state index contributed by atoms with van der Waals surface area (Å²) < 4.78 is 1.66. The molecule has 2 aromatic rings. The predicted molar refractivity (Wildman–Crippen MR) is 77.7 cm³/mol. The predicted octanol–water partition coefficient (Wildman–Crippen LogP) is 1.78. The third-order valence-electron chi connectivity index (χ3n) is 3.96. The van der Waals surface area contributed by atoms with E-state index in [1.54, 1.807) is 4.68 Å². The third kappa shape index (κ3) is 3.09. The molecule has 1 aliphatic carbocycles. The van der Waals surface area contributed by atoms with Gasteiger partial charge < -0.3 is 5.32 Å². The Labute approximate surface area is 123 Å². The van der Waals surface area contributed by atoms with Crippen LogP contribution in [0.2, 0.25) is 0 Å². The molecular weight excluding hydrogens is 266 g/mol. The van der Waals surface area contributed by atoms with Gasteiger partial charge in [-0.1, -0.05) is 30.5 Å². The first kappa shape index (κ1) is 13.7. The van der Waals surface area contributed by atoms with Crippen LogP contribution in [0.3, 0.4) is 0 Å². The summed E-state index contributed by atoms with van der Waals surface area (Å²) in [4.78, 5) is 12.0. The maximum Gasteiger partial charge on any atom is 0.223 e. The van der Waals surface area contributed by atoms with E-state index < -0.39 is 0 Å². The van der Waals surface area contributed by atoms with Gasteiger partial charge in [0.2, 0.25) is 5.91 Å². The largest absolute Gasteiger partial charge is 0.348 e. The van der Waals surface area contributed by atoms with E-state index >= 15 is 0 Å². The minimum absolute atomic E-state index is 0.117. The Morgan fingerprint density at radius 2 is 2.00 bits per heavy atom. The van der Waals surface area contributed by atoms with Crippen molar-refractivity contribution in [1.82, 2.24) is 25.5 Å². The van der Waals surface area contributed by atoms with Crippen molar-refractivity contribution in [2.75, 3.05) is 0 Å². The Morgan fingerprint density at radius 1 is 1.29 bits per heavy atom. The smallest absolute Gasteiger partial charge is 0.223 e. The van der Waals surface area contributed by atoms with E-state index in [2.05, 4.69) is 20.8 Å². The van der Waals surface area contributed by atoms with Crippen molar-refractivity contribution in [1.29, 1.82) is 0 Å². The van der Waals surface area contributed by atoms with Gasteiger partial charge in [-0.2, -0.15) is 4.68 Å². The second-order valence-corrected chi connectivity index (χ2v) is 5.54. The number of rotatable bonds is 4. The van der Waals surface area contributed by atoms with Crippen LogP contribution < -0.4 is 5.32 Å². The lowest BCUT2D eigenvalue weighted by Crippen LogP contribution is -2.29. The highest BCUT2D eigenvalue weighted by atomic mass is 16.1. The molecule has 0 bridgehead atoms. The molecule has 0 unspecified atom stereocenters. The van der Waals surface area contributed by atoms with E-state index in [0.717, 1.165) is 31.4 Å². The summed E-state index contributed by atoms with van der Waals surface area (Å²) in [5.74, 6) is 0.921. The van der Waals surface area contributed by atoms with Crippen LogP contribution in [-0.4, -0.2) is 26.1 Å². The van der Waals surface area contributed by atoms with Gasteiger partial charge in [-0.05, 0) is 42.3 Å². The van der Waals surface area contributed by atoms with Gasteiger partial charge in [-0.15, -0.1) is 5.10 Å². The van der Waals surface area contributed by atoms with Gasteiger partial charge in [-0.3, -0.25) is 4.79 Å². The standard InChI is InChI=1S/C15H19N5O/c1-11-6-8-13(9-7-11)20-14(17-18-19-20)10-16-15(21)12-4-2-3-5-12/h6-9,12H,2-5,10H2,1H3,(H,16,21). The minimum Gasteiger partial charge on any atom is -0.348 e. The number of hydrogen-bond donors (Lipinski definition) is 1. The molecule has 110 valence electrons. The average molecular weight is 285 g/mol. The maximum absolute atomic E-state index is 12.0. The molecule has 0 spiro atoms. The Morgan fingerprint density at radius 3 is 2.71 bits per heavy atom. The van der Waals surface area contributed by atoms with Crippen molar-refractivity contribution < 1.29 is 4.79 Å².